The van der Waals surface area contributed by atoms with Gasteiger partial charge in [0.1, 0.15) is 0 Å². The average Bonchev–Trinajstić information content (AvgIpc) is 2.82. The van der Waals surface area contributed by atoms with E-state index in [1.165, 1.54) is 24.3 Å². The maximum atomic E-state index is 13.8. The number of benzene rings is 1. The van der Waals surface area contributed by atoms with Crippen molar-refractivity contribution in [3.63, 3.8) is 0 Å². The van der Waals surface area contributed by atoms with Gasteiger partial charge in [0.2, 0.25) is 11.8 Å². The highest BCUT2D eigenvalue weighted by atomic mass is 32.1. The van der Waals surface area contributed by atoms with Crippen LogP contribution in [0.5, 0.6) is 11.8 Å². The number of nitrogens with zero attached hydrogens (tertiary/aromatic N) is 3. The smallest absolute Gasteiger partial charge is 0.233 e. The van der Waals surface area contributed by atoms with Crippen LogP contribution < -0.4 is 0 Å². The summed E-state index contributed by atoms with van der Waals surface area (Å²) in [5, 5.41) is 21.9. The summed E-state index contributed by atoms with van der Waals surface area (Å²) in [5.74, 6) is -2.62. The second-order valence-corrected chi connectivity index (χ2v) is 4.87. The van der Waals surface area contributed by atoms with Crippen molar-refractivity contribution >= 4 is 18.3 Å². The Morgan fingerprint density at radius 1 is 1.19 bits per heavy atom. The summed E-state index contributed by atoms with van der Waals surface area (Å²) in [6, 6.07) is 6.20. The molecule has 108 valence electrons. The van der Waals surface area contributed by atoms with Gasteiger partial charge in [-0.05, 0) is 6.07 Å². The van der Waals surface area contributed by atoms with Gasteiger partial charge in [-0.25, -0.2) is 13.8 Å². The highest BCUT2D eigenvalue weighted by Gasteiger charge is 2.20. The number of fused-ring (bicyclic) bond motifs is 1. The zero-order valence-corrected chi connectivity index (χ0v) is 11.3. The minimum absolute atomic E-state index is 0.00156. The van der Waals surface area contributed by atoms with E-state index in [9.17, 15) is 19.0 Å². The molecule has 1 unspecified atom stereocenters. The molecule has 0 saturated carbocycles. The van der Waals surface area contributed by atoms with Gasteiger partial charge in [0.15, 0.2) is 17.3 Å². The van der Waals surface area contributed by atoms with Crippen molar-refractivity contribution in [2.45, 2.75) is 5.25 Å². The maximum absolute atomic E-state index is 13.8. The summed E-state index contributed by atoms with van der Waals surface area (Å²) >= 11 is 4.23. The molecule has 0 aliphatic heterocycles. The van der Waals surface area contributed by atoms with Crippen LogP contribution in [0, 0.1) is 11.6 Å². The Morgan fingerprint density at radius 3 is 2.71 bits per heavy atom. The van der Waals surface area contributed by atoms with Crippen LogP contribution in [0.15, 0.2) is 30.3 Å². The minimum Gasteiger partial charge on any atom is -0.493 e. The van der Waals surface area contributed by atoms with Crippen molar-refractivity contribution in [1.29, 1.82) is 0 Å². The third kappa shape index (κ3) is 2.27. The lowest BCUT2D eigenvalue weighted by atomic mass is 10.1. The van der Waals surface area contributed by atoms with Crippen molar-refractivity contribution in [2.75, 3.05) is 0 Å². The quantitative estimate of drug-likeness (QED) is 0.636. The number of hydrogen-bond acceptors (Lipinski definition) is 5. The Labute approximate surface area is 122 Å². The zero-order chi connectivity index (χ0) is 15.1. The Hall–Kier alpha value is -2.35. The number of aromatic nitrogens is 3. The van der Waals surface area contributed by atoms with E-state index in [2.05, 4.69) is 22.7 Å². The second kappa shape index (κ2) is 4.88. The molecular formula is C13H9F2N3O2S. The van der Waals surface area contributed by atoms with Crippen molar-refractivity contribution in [1.82, 2.24) is 14.6 Å². The predicted molar refractivity (Wildman–Crippen MR) is 73.5 cm³/mol. The van der Waals surface area contributed by atoms with E-state index in [4.69, 9.17) is 0 Å². The predicted octanol–water partition coefficient (Wildman–Crippen LogP) is 2.44. The van der Waals surface area contributed by atoms with Gasteiger partial charge in [-0.3, -0.25) is 0 Å². The fraction of sp³-hybridized carbons (Fsp3) is 0.0769. The van der Waals surface area contributed by atoms with E-state index in [0.717, 1.165) is 10.6 Å². The molecule has 5 nitrogen and oxygen atoms in total. The standard InChI is InChI=1S/C13H9F2N3O2S/c14-7-3-1-2-6(12(7)15)13(21)8-4-11(20)18-9(16-8)5-10(19)17-18/h1-5,13,20-21H,(H,17,19). The highest BCUT2D eigenvalue weighted by molar-refractivity contribution is 7.80. The third-order valence-corrected chi connectivity index (χ3v) is 3.51. The molecule has 0 amide bonds. The fourth-order valence-electron chi connectivity index (χ4n) is 2.00. The number of aromatic hydroxyl groups is 2. The summed E-state index contributed by atoms with van der Waals surface area (Å²) < 4.78 is 28.1. The summed E-state index contributed by atoms with van der Waals surface area (Å²) in [7, 11) is 0. The van der Waals surface area contributed by atoms with Crippen LogP contribution in [-0.2, 0) is 0 Å². The van der Waals surface area contributed by atoms with Crippen molar-refractivity contribution in [2.24, 2.45) is 0 Å². The molecular weight excluding hydrogens is 300 g/mol. The van der Waals surface area contributed by atoms with Gasteiger partial charge >= 0.3 is 0 Å². The van der Waals surface area contributed by atoms with Crippen LogP contribution in [0.25, 0.3) is 5.65 Å². The molecule has 1 atom stereocenters. The van der Waals surface area contributed by atoms with Gasteiger partial charge in [-0.15, -0.1) is 5.10 Å². The van der Waals surface area contributed by atoms with E-state index in [-0.39, 0.29) is 28.7 Å². The molecule has 0 spiro atoms. The molecule has 2 N–H and O–H groups in total. The SMILES string of the molecule is Oc1cc2nc(C(S)c3cccc(F)c3F)cc(O)n2n1. The van der Waals surface area contributed by atoms with Gasteiger partial charge in [-0.2, -0.15) is 17.1 Å². The Morgan fingerprint density at radius 2 is 1.95 bits per heavy atom. The van der Waals surface area contributed by atoms with Crippen LogP contribution in [0.1, 0.15) is 16.5 Å². The van der Waals surface area contributed by atoms with Crippen LogP contribution in [0.4, 0.5) is 8.78 Å². The summed E-state index contributed by atoms with van der Waals surface area (Å²) in [6.45, 7) is 0. The topological polar surface area (TPSA) is 70.7 Å². The lowest BCUT2D eigenvalue weighted by Gasteiger charge is -2.12. The van der Waals surface area contributed by atoms with E-state index in [1.807, 2.05) is 0 Å². The Kier molecular flexibility index (Phi) is 3.17. The van der Waals surface area contributed by atoms with Crippen molar-refractivity contribution in [3.05, 3.63) is 53.2 Å². The molecule has 21 heavy (non-hydrogen) atoms. The molecule has 0 aliphatic rings. The summed E-state index contributed by atoms with van der Waals surface area (Å²) in [5.41, 5.74) is 0.365. The second-order valence-electron chi connectivity index (χ2n) is 4.36. The van der Waals surface area contributed by atoms with Gasteiger partial charge in [0.25, 0.3) is 0 Å². The first kappa shape index (κ1) is 13.6. The molecule has 1 aromatic carbocycles. The molecule has 2 heterocycles. The Balaban J connectivity index is 2.13. The van der Waals surface area contributed by atoms with Crippen LogP contribution >= 0.6 is 12.6 Å². The first-order valence-electron chi connectivity index (χ1n) is 5.88. The Bertz CT molecular complexity index is 838. The van der Waals surface area contributed by atoms with Crippen LogP contribution in [-0.4, -0.2) is 24.8 Å². The minimum atomic E-state index is -1.02. The lowest BCUT2D eigenvalue weighted by Crippen LogP contribution is -2.03. The monoisotopic (exact) mass is 309 g/mol. The molecule has 3 aromatic rings. The number of hydrogen-bond donors (Lipinski definition) is 3. The largest absolute Gasteiger partial charge is 0.493 e. The summed E-state index contributed by atoms with van der Waals surface area (Å²) in [6.07, 6.45) is 0. The van der Waals surface area contributed by atoms with Crippen molar-refractivity contribution < 1.29 is 19.0 Å². The van der Waals surface area contributed by atoms with Crippen molar-refractivity contribution in [3.8, 4) is 11.8 Å². The van der Waals surface area contributed by atoms with Crippen LogP contribution in [0.3, 0.4) is 0 Å². The molecule has 3 rings (SSSR count). The summed E-state index contributed by atoms with van der Waals surface area (Å²) in [4.78, 5) is 4.12. The molecule has 0 saturated heterocycles. The normalized spacial score (nSPS) is 12.7. The number of halogens is 2. The molecule has 2 aromatic heterocycles. The number of rotatable bonds is 2. The van der Waals surface area contributed by atoms with E-state index in [0.29, 0.717) is 0 Å². The van der Waals surface area contributed by atoms with Gasteiger partial charge in [0.05, 0.1) is 10.9 Å². The molecule has 0 fully saturated rings. The molecule has 0 aliphatic carbocycles. The third-order valence-electron chi connectivity index (χ3n) is 2.97. The fourth-order valence-corrected chi connectivity index (χ4v) is 2.33. The van der Waals surface area contributed by atoms with E-state index in [1.54, 1.807) is 0 Å². The number of thiol groups is 1. The lowest BCUT2D eigenvalue weighted by molar-refractivity contribution is 0.416. The highest BCUT2D eigenvalue weighted by Crippen LogP contribution is 2.32. The molecule has 0 bridgehead atoms. The zero-order valence-electron chi connectivity index (χ0n) is 10.4. The molecule has 0 radical (unpaired) electrons. The van der Waals surface area contributed by atoms with Gasteiger partial charge in [0, 0.05) is 17.7 Å². The van der Waals surface area contributed by atoms with Gasteiger partial charge < -0.3 is 10.2 Å². The first-order valence-corrected chi connectivity index (χ1v) is 6.39. The van der Waals surface area contributed by atoms with Crippen LogP contribution in [0.2, 0.25) is 0 Å². The first-order chi connectivity index (χ1) is 9.97. The van der Waals surface area contributed by atoms with Gasteiger partial charge in [-0.1, -0.05) is 12.1 Å². The molecule has 8 heteroatoms. The maximum Gasteiger partial charge on any atom is 0.233 e. The van der Waals surface area contributed by atoms with E-state index < -0.39 is 16.9 Å². The van der Waals surface area contributed by atoms with E-state index >= 15 is 0 Å². The average molecular weight is 309 g/mol.